The lowest BCUT2D eigenvalue weighted by Gasteiger charge is -2.49. The molecule has 1 aromatic heterocycles. The second-order valence-corrected chi connectivity index (χ2v) is 23.7. The van der Waals surface area contributed by atoms with E-state index < -0.39 is 62.0 Å². The monoisotopic (exact) mass is 939 g/mol. The fourth-order valence-corrected chi connectivity index (χ4v) is 11.2. The van der Waals surface area contributed by atoms with Gasteiger partial charge in [0.2, 0.25) is 5.69 Å². The van der Waals surface area contributed by atoms with E-state index in [0.29, 0.717) is 44.8 Å². The molecule has 2 atom stereocenters. The van der Waals surface area contributed by atoms with Gasteiger partial charge in [0.25, 0.3) is 0 Å². The van der Waals surface area contributed by atoms with E-state index >= 15 is 0 Å². The fourth-order valence-electron chi connectivity index (χ4n) is 11.2. The highest BCUT2D eigenvalue weighted by molar-refractivity contribution is 6.02. The Morgan fingerprint density at radius 1 is 0.586 bits per heavy atom. The van der Waals surface area contributed by atoms with Crippen molar-refractivity contribution >= 4 is 17.1 Å². The molecule has 70 heavy (non-hydrogen) atoms. The van der Waals surface area contributed by atoms with Crippen LogP contribution in [0.25, 0.3) is 44.6 Å². The van der Waals surface area contributed by atoms with Crippen molar-refractivity contribution in [3.8, 4) is 50.4 Å². The zero-order chi connectivity index (χ0) is 61.8. The topological polar surface area (TPSA) is 19.6 Å². The van der Waals surface area contributed by atoms with Gasteiger partial charge < -0.3 is 9.64 Å². The van der Waals surface area contributed by atoms with Gasteiger partial charge >= 0.3 is 5.85 Å². The Morgan fingerprint density at radius 2 is 1.23 bits per heavy atom. The van der Waals surface area contributed by atoms with Gasteiger partial charge in [-0.3, -0.25) is 0 Å². The highest BCUT2D eigenvalue weighted by atomic mass is 16.5. The summed E-state index contributed by atoms with van der Waals surface area (Å²) in [6.07, 6.45) is 1.27. The maximum Gasteiger partial charge on any atom is 0.432 e. The SMILES string of the molecule is [2H]C([2H])([2H])c1cc(-c2cc(C([2H])(C)C)cc(C([2H])(C)C)c2)ccc1N1c2cccc3c2N2C1c1cc(C(C)(C)C)cc(C(C)(C)C)c1OC21c2c-3cc(C(C)(C)C)cc2-c2cc(-c3ccc(C(C([2H])([2H])[2H])(C([2H])([2H])[2H])C([2H])([2H])[2H])cc3)cc[n+]21. The van der Waals surface area contributed by atoms with E-state index in [1.54, 1.807) is 18.2 Å². The molecule has 0 fully saturated rings. The summed E-state index contributed by atoms with van der Waals surface area (Å²) in [7, 11) is 0. The van der Waals surface area contributed by atoms with Gasteiger partial charge in [0.1, 0.15) is 17.5 Å². The van der Waals surface area contributed by atoms with Crippen LogP contribution < -0.4 is 19.1 Å². The quantitative estimate of drug-likeness (QED) is 0.160. The van der Waals surface area contributed by atoms with Gasteiger partial charge in [-0.1, -0.05) is 177 Å². The summed E-state index contributed by atoms with van der Waals surface area (Å²) in [6, 6.07) is 36.4. The average molecular weight is 939 g/mol. The number of para-hydroxylation sites is 1. The van der Waals surface area contributed by atoms with Crippen molar-refractivity contribution in [3.63, 3.8) is 0 Å². The molecule has 5 heterocycles. The second kappa shape index (κ2) is 15.2. The molecular formula is C66H74N3O+. The predicted molar refractivity (Wildman–Crippen MR) is 294 cm³/mol. The van der Waals surface area contributed by atoms with Crippen molar-refractivity contribution < 1.29 is 28.5 Å². The number of pyridine rings is 1. The lowest BCUT2D eigenvalue weighted by atomic mass is 9.77. The summed E-state index contributed by atoms with van der Waals surface area (Å²) in [5, 5.41) is 0. The molecule has 0 aliphatic carbocycles. The Kier molecular flexibility index (Phi) is 7.10. The average Bonchev–Trinajstić information content (AvgIpc) is 1.46. The largest absolute Gasteiger partial charge is 0.432 e. The zero-order valence-electron chi connectivity index (χ0n) is 56.9. The summed E-state index contributed by atoms with van der Waals surface area (Å²) >= 11 is 0. The van der Waals surface area contributed by atoms with Gasteiger partial charge in [0.15, 0.2) is 6.20 Å². The first-order valence-electron chi connectivity index (χ1n) is 31.6. The van der Waals surface area contributed by atoms with Crippen LogP contribution in [0.3, 0.4) is 0 Å². The molecule has 2 unspecified atom stereocenters. The normalized spacial score (nSPS) is 21.7. The number of nitrogens with zero attached hydrogens (tertiary/aromatic N) is 3. The Hall–Kier alpha value is -6.13. The molecular weight excluding hydrogens is 851 g/mol. The molecule has 0 amide bonds. The van der Waals surface area contributed by atoms with Gasteiger partial charge in [0, 0.05) is 59.3 Å². The van der Waals surface area contributed by atoms with Crippen LogP contribution >= 0.6 is 0 Å². The van der Waals surface area contributed by atoms with Gasteiger partial charge in [-0.05, 0) is 132 Å². The van der Waals surface area contributed by atoms with E-state index in [1.165, 1.54) is 12.1 Å². The molecule has 0 N–H and O–H groups in total. The summed E-state index contributed by atoms with van der Waals surface area (Å²) in [4.78, 5) is 4.53. The van der Waals surface area contributed by atoms with E-state index in [-0.39, 0.29) is 22.0 Å². The maximum atomic E-state index is 9.42. The fraction of sp³-hybridized carbons (Fsp3) is 0.379. The van der Waals surface area contributed by atoms with Crippen LogP contribution in [0.5, 0.6) is 5.75 Å². The van der Waals surface area contributed by atoms with Crippen LogP contribution in [-0.2, 0) is 27.5 Å². The second-order valence-electron chi connectivity index (χ2n) is 23.7. The van der Waals surface area contributed by atoms with Crippen LogP contribution in [0, 0.1) is 6.85 Å². The first kappa shape index (κ1) is 32.7. The third-order valence-electron chi connectivity index (χ3n) is 15.2. The summed E-state index contributed by atoms with van der Waals surface area (Å²) < 4.78 is 132. The molecule has 11 rings (SSSR count). The smallest absolute Gasteiger partial charge is 0.410 e. The number of benzene rings is 6. The number of fused-ring (bicyclic) bond motifs is 5. The first-order chi connectivity index (χ1) is 38.3. The van der Waals surface area contributed by atoms with Crippen molar-refractivity contribution in [1.82, 2.24) is 0 Å². The van der Waals surface area contributed by atoms with E-state index in [4.69, 9.17) is 19.8 Å². The molecule has 0 saturated carbocycles. The van der Waals surface area contributed by atoms with E-state index in [2.05, 4.69) is 113 Å². The van der Waals surface area contributed by atoms with Crippen molar-refractivity contribution in [2.24, 2.45) is 0 Å². The number of hydrogen-bond acceptors (Lipinski definition) is 3. The zero-order valence-corrected chi connectivity index (χ0v) is 42.9. The molecule has 1 spiro atoms. The highest BCUT2D eigenvalue weighted by Gasteiger charge is 2.70. The first-order valence-corrected chi connectivity index (χ1v) is 24.6. The van der Waals surface area contributed by atoms with Crippen LogP contribution in [0.4, 0.5) is 17.1 Å². The summed E-state index contributed by atoms with van der Waals surface area (Å²) in [5.41, 5.74) is 10.1. The Balaban J connectivity index is 1.21. The molecule has 4 nitrogen and oxygen atoms in total. The van der Waals surface area contributed by atoms with Crippen LogP contribution in [0.2, 0.25) is 0 Å². The highest BCUT2D eigenvalue weighted by Crippen LogP contribution is 2.68. The van der Waals surface area contributed by atoms with Crippen molar-refractivity contribution in [2.45, 2.75) is 163 Å². The van der Waals surface area contributed by atoms with Crippen molar-refractivity contribution in [2.75, 3.05) is 9.80 Å². The van der Waals surface area contributed by atoms with E-state index in [0.717, 1.165) is 61.6 Å². The van der Waals surface area contributed by atoms with E-state index in [1.807, 2.05) is 82.4 Å². The minimum Gasteiger partial charge on any atom is -0.410 e. The Labute approximate surface area is 439 Å². The molecule has 4 aliphatic rings. The maximum absolute atomic E-state index is 9.42. The number of aryl methyl sites for hydroxylation is 1. The van der Waals surface area contributed by atoms with Gasteiger partial charge in [-0.2, -0.15) is 0 Å². The minimum atomic E-state index is -3.42. The van der Waals surface area contributed by atoms with Gasteiger partial charge in [-0.15, -0.1) is 4.57 Å². The standard InChI is InChI=1S/C66H74N3O/c1-38(2)44-30-45(39(3)4)32-46(31-44)42-23-26-55(40(5)29-42)68-56-20-18-19-50-51-34-48(63(9,10)11)35-52-57-33-43(41-21-24-47(25-22-41)62(6,7)8)27-28-67(57)66(58(51)52)69(59(50)56)61(68)53-36-49(64(12,13)14)37-54(60(53)70-66)65(15,16)17/h18-39,61H,1-17H3/q+1/i5D3,6D3,7D3,8D3,38D,39D. The molecule has 4 aliphatic heterocycles. The molecule has 0 saturated heterocycles. The van der Waals surface area contributed by atoms with Crippen molar-refractivity contribution in [1.29, 1.82) is 0 Å². The summed E-state index contributed by atoms with van der Waals surface area (Å²) in [6.45, 7) is 14.0. The molecule has 358 valence electrons. The van der Waals surface area contributed by atoms with Crippen LogP contribution in [-0.4, -0.2) is 0 Å². The van der Waals surface area contributed by atoms with Gasteiger partial charge in [-0.25, -0.2) is 4.90 Å². The number of hydrogen-bond donors (Lipinski definition) is 0. The summed E-state index contributed by atoms with van der Waals surface area (Å²) in [5.74, 6) is -2.78. The minimum absolute atomic E-state index is 0.127. The lowest BCUT2D eigenvalue weighted by Crippen LogP contribution is -2.71. The predicted octanol–water partition coefficient (Wildman–Crippen LogP) is 17.4. The number of aromatic nitrogens is 1. The van der Waals surface area contributed by atoms with E-state index in [9.17, 15) is 4.11 Å². The van der Waals surface area contributed by atoms with Crippen molar-refractivity contribution in [3.05, 3.63) is 172 Å². The van der Waals surface area contributed by atoms with Crippen LogP contribution in [0.15, 0.2) is 121 Å². The Morgan fingerprint density at radius 3 is 1.86 bits per heavy atom. The van der Waals surface area contributed by atoms with Crippen LogP contribution in [0.1, 0.15) is 198 Å². The Bertz CT molecular complexity index is 3810. The molecule has 6 aromatic carbocycles. The molecule has 7 aromatic rings. The number of ether oxygens (including phenoxy) is 1. The van der Waals surface area contributed by atoms with Gasteiger partial charge in [0.05, 0.1) is 16.9 Å². The molecule has 0 bridgehead atoms. The number of anilines is 3. The lowest BCUT2D eigenvalue weighted by molar-refractivity contribution is -0.774. The third-order valence-corrected chi connectivity index (χ3v) is 15.2. The molecule has 4 heteroatoms. The molecule has 0 radical (unpaired) electrons. The number of rotatable bonds is 5. The third kappa shape index (κ3) is 6.85.